The molecule has 1 aromatic heterocycles. The average molecular weight is 319 g/mol. The highest BCUT2D eigenvalue weighted by Crippen LogP contribution is 2.23. The van der Waals surface area contributed by atoms with E-state index in [1.807, 2.05) is 6.07 Å². The first-order valence-corrected chi connectivity index (χ1v) is 8.57. The molecule has 0 amide bonds. The van der Waals surface area contributed by atoms with Crippen LogP contribution in [0.5, 0.6) is 0 Å². The summed E-state index contributed by atoms with van der Waals surface area (Å²) in [4.78, 5) is 4.55. The van der Waals surface area contributed by atoms with Crippen molar-refractivity contribution >= 4 is 0 Å². The van der Waals surface area contributed by atoms with Crippen molar-refractivity contribution in [3.8, 4) is 22.5 Å². The standard InChI is InChI=1S/C20H21N3O/c1-2-4-16(5-3-1)17-7-9-18(10-8-17)20-22-19(24-23-20)11-6-15-12-13-21-14-15/h1-5,7-10,15,21H,6,11-14H2. The van der Waals surface area contributed by atoms with Crippen LogP contribution in [-0.2, 0) is 6.42 Å². The van der Waals surface area contributed by atoms with Gasteiger partial charge in [0.15, 0.2) is 0 Å². The average Bonchev–Trinajstić information content (AvgIpc) is 3.33. The Morgan fingerprint density at radius 3 is 2.46 bits per heavy atom. The third-order valence-corrected chi connectivity index (χ3v) is 4.65. The van der Waals surface area contributed by atoms with Crippen molar-refractivity contribution in [1.29, 1.82) is 0 Å². The van der Waals surface area contributed by atoms with Crippen LogP contribution in [0.3, 0.4) is 0 Å². The van der Waals surface area contributed by atoms with Gasteiger partial charge in [0.1, 0.15) is 0 Å². The lowest BCUT2D eigenvalue weighted by atomic mass is 10.0. The van der Waals surface area contributed by atoms with Gasteiger partial charge in [-0.1, -0.05) is 59.8 Å². The summed E-state index contributed by atoms with van der Waals surface area (Å²) in [6.45, 7) is 2.25. The lowest BCUT2D eigenvalue weighted by Gasteiger charge is -2.04. The Morgan fingerprint density at radius 1 is 0.958 bits per heavy atom. The van der Waals surface area contributed by atoms with E-state index >= 15 is 0 Å². The fourth-order valence-electron chi connectivity index (χ4n) is 3.20. The Bertz CT molecular complexity index is 774. The van der Waals surface area contributed by atoms with Crippen molar-refractivity contribution in [2.75, 3.05) is 13.1 Å². The van der Waals surface area contributed by atoms with Gasteiger partial charge in [-0.25, -0.2) is 0 Å². The predicted molar refractivity (Wildman–Crippen MR) is 94.5 cm³/mol. The van der Waals surface area contributed by atoms with Gasteiger partial charge in [0.2, 0.25) is 11.7 Å². The number of hydrogen-bond donors (Lipinski definition) is 1. The Hall–Kier alpha value is -2.46. The summed E-state index contributed by atoms with van der Waals surface area (Å²) in [5.41, 5.74) is 3.40. The molecule has 0 bridgehead atoms. The highest BCUT2D eigenvalue weighted by atomic mass is 16.5. The zero-order chi connectivity index (χ0) is 16.2. The summed E-state index contributed by atoms with van der Waals surface area (Å²) < 4.78 is 5.41. The molecule has 1 N–H and O–H groups in total. The molecule has 122 valence electrons. The van der Waals surface area contributed by atoms with Crippen LogP contribution in [-0.4, -0.2) is 23.2 Å². The summed E-state index contributed by atoms with van der Waals surface area (Å²) in [7, 11) is 0. The predicted octanol–water partition coefficient (Wildman–Crippen LogP) is 3.95. The molecule has 4 rings (SSSR count). The molecule has 0 aliphatic carbocycles. The first-order chi connectivity index (χ1) is 11.9. The van der Waals surface area contributed by atoms with Crippen LogP contribution in [0.2, 0.25) is 0 Å². The van der Waals surface area contributed by atoms with Crippen molar-refractivity contribution in [3.05, 3.63) is 60.5 Å². The zero-order valence-electron chi connectivity index (χ0n) is 13.6. The smallest absolute Gasteiger partial charge is 0.226 e. The molecule has 0 saturated carbocycles. The molecule has 2 heterocycles. The Balaban J connectivity index is 1.44. The van der Waals surface area contributed by atoms with Crippen molar-refractivity contribution in [3.63, 3.8) is 0 Å². The van der Waals surface area contributed by atoms with Gasteiger partial charge < -0.3 is 9.84 Å². The van der Waals surface area contributed by atoms with E-state index in [2.05, 4.69) is 64.0 Å². The molecule has 1 fully saturated rings. The lowest BCUT2D eigenvalue weighted by Crippen LogP contribution is -2.09. The van der Waals surface area contributed by atoms with Crippen LogP contribution >= 0.6 is 0 Å². The van der Waals surface area contributed by atoms with Crippen LogP contribution in [0.15, 0.2) is 59.1 Å². The van der Waals surface area contributed by atoms with E-state index in [4.69, 9.17) is 4.52 Å². The minimum absolute atomic E-state index is 0.675. The van der Waals surface area contributed by atoms with E-state index in [0.717, 1.165) is 43.3 Å². The molecule has 24 heavy (non-hydrogen) atoms. The second-order valence-electron chi connectivity index (χ2n) is 6.35. The van der Waals surface area contributed by atoms with Crippen molar-refractivity contribution < 1.29 is 4.52 Å². The van der Waals surface area contributed by atoms with Gasteiger partial charge in [-0.15, -0.1) is 0 Å². The maximum absolute atomic E-state index is 5.41. The monoisotopic (exact) mass is 319 g/mol. The van der Waals surface area contributed by atoms with E-state index < -0.39 is 0 Å². The minimum Gasteiger partial charge on any atom is -0.339 e. The number of benzene rings is 2. The number of hydrogen-bond acceptors (Lipinski definition) is 4. The first-order valence-electron chi connectivity index (χ1n) is 8.57. The van der Waals surface area contributed by atoms with Crippen LogP contribution in [0.1, 0.15) is 18.7 Å². The van der Waals surface area contributed by atoms with Crippen LogP contribution in [0, 0.1) is 5.92 Å². The third-order valence-electron chi connectivity index (χ3n) is 4.65. The van der Waals surface area contributed by atoms with Gasteiger partial charge >= 0.3 is 0 Å². The second-order valence-corrected chi connectivity index (χ2v) is 6.35. The number of nitrogens with one attached hydrogen (secondary N) is 1. The van der Waals surface area contributed by atoms with Gasteiger partial charge in [0.25, 0.3) is 0 Å². The topological polar surface area (TPSA) is 51.0 Å². The minimum atomic E-state index is 0.675. The first kappa shape index (κ1) is 15.1. The zero-order valence-corrected chi connectivity index (χ0v) is 13.6. The fraction of sp³-hybridized carbons (Fsp3) is 0.300. The Morgan fingerprint density at radius 2 is 1.71 bits per heavy atom. The van der Waals surface area contributed by atoms with E-state index in [-0.39, 0.29) is 0 Å². The summed E-state index contributed by atoms with van der Waals surface area (Å²) in [6, 6.07) is 18.7. The molecule has 4 heteroatoms. The maximum Gasteiger partial charge on any atom is 0.226 e. The molecule has 1 atom stereocenters. The summed E-state index contributed by atoms with van der Waals surface area (Å²) in [5, 5.41) is 7.52. The second kappa shape index (κ2) is 6.97. The van der Waals surface area contributed by atoms with E-state index in [1.54, 1.807) is 0 Å². The van der Waals surface area contributed by atoms with Crippen molar-refractivity contribution in [1.82, 2.24) is 15.5 Å². The molecule has 1 saturated heterocycles. The molecule has 1 aliphatic rings. The fourth-order valence-corrected chi connectivity index (χ4v) is 3.20. The van der Waals surface area contributed by atoms with Crippen molar-refractivity contribution in [2.45, 2.75) is 19.3 Å². The molecule has 0 spiro atoms. The van der Waals surface area contributed by atoms with Crippen LogP contribution in [0.4, 0.5) is 0 Å². The molecular weight excluding hydrogens is 298 g/mol. The molecule has 1 unspecified atom stereocenters. The van der Waals surface area contributed by atoms with Gasteiger partial charge in [-0.05, 0) is 43.0 Å². The van der Waals surface area contributed by atoms with Crippen LogP contribution < -0.4 is 5.32 Å². The molecular formula is C20H21N3O. The summed E-state index contributed by atoms with van der Waals surface area (Å²) in [6.07, 6.45) is 3.23. The summed E-state index contributed by atoms with van der Waals surface area (Å²) in [5.74, 6) is 2.16. The number of rotatable bonds is 5. The van der Waals surface area contributed by atoms with Gasteiger partial charge in [-0.2, -0.15) is 4.98 Å². The molecule has 0 radical (unpaired) electrons. The normalized spacial score (nSPS) is 17.2. The number of aromatic nitrogens is 2. The number of nitrogens with zero attached hydrogens (tertiary/aromatic N) is 2. The molecule has 3 aromatic rings. The highest BCUT2D eigenvalue weighted by Gasteiger charge is 2.16. The van der Waals surface area contributed by atoms with Gasteiger partial charge in [0.05, 0.1) is 0 Å². The highest BCUT2D eigenvalue weighted by molar-refractivity contribution is 5.67. The van der Waals surface area contributed by atoms with E-state index in [1.165, 1.54) is 17.5 Å². The van der Waals surface area contributed by atoms with Crippen molar-refractivity contribution in [2.24, 2.45) is 5.92 Å². The quantitative estimate of drug-likeness (QED) is 0.774. The van der Waals surface area contributed by atoms with Crippen LogP contribution in [0.25, 0.3) is 22.5 Å². The number of aryl methyl sites for hydroxylation is 1. The van der Waals surface area contributed by atoms with E-state index in [9.17, 15) is 0 Å². The summed E-state index contributed by atoms with van der Waals surface area (Å²) >= 11 is 0. The Labute approximate surface area is 141 Å². The maximum atomic E-state index is 5.41. The molecule has 1 aliphatic heterocycles. The third kappa shape index (κ3) is 3.39. The Kier molecular flexibility index (Phi) is 4.38. The molecule has 2 aromatic carbocycles. The SMILES string of the molecule is c1ccc(-c2ccc(-c3noc(CCC4CCNC4)n3)cc2)cc1. The molecule has 4 nitrogen and oxygen atoms in total. The van der Waals surface area contributed by atoms with Gasteiger partial charge in [-0.3, -0.25) is 0 Å². The largest absolute Gasteiger partial charge is 0.339 e. The lowest BCUT2D eigenvalue weighted by molar-refractivity contribution is 0.365. The van der Waals surface area contributed by atoms with E-state index in [0.29, 0.717) is 5.82 Å². The van der Waals surface area contributed by atoms with Gasteiger partial charge in [0, 0.05) is 12.0 Å².